The molecule has 0 bridgehead atoms. The first-order valence-corrected chi connectivity index (χ1v) is 7.57. The third-order valence-corrected chi connectivity index (χ3v) is 3.86. The number of hydrogen-bond donors (Lipinski definition) is 2. The predicted molar refractivity (Wildman–Crippen MR) is 89.0 cm³/mol. The van der Waals surface area contributed by atoms with Crippen LogP contribution >= 0.6 is 0 Å². The molecule has 24 heavy (non-hydrogen) atoms. The van der Waals surface area contributed by atoms with Gasteiger partial charge in [-0.2, -0.15) is 0 Å². The van der Waals surface area contributed by atoms with Crippen molar-refractivity contribution in [3.8, 4) is 0 Å². The molecule has 0 fully saturated rings. The molecular formula is C18H20N2O4. The van der Waals surface area contributed by atoms with Gasteiger partial charge in [0.05, 0.1) is 12.1 Å². The number of nitrogens with one attached hydrogen (secondary N) is 1. The largest absolute Gasteiger partial charge is 0.480 e. The van der Waals surface area contributed by atoms with Crippen molar-refractivity contribution in [1.82, 2.24) is 9.88 Å². The Balaban J connectivity index is 2.13. The van der Waals surface area contributed by atoms with Gasteiger partial charge in [0, 0.05) is 18.3 Å². The van der Waals surface area contributed by atoms with E-state index in [1.165, 1.54) is 6.92 Å². The Bertz CT molecular complexity index is 775. The molecule has 2 rings (SSSR count). The van der Waals surface area contributed by atoms with Gasteiger partial charge in [-0.05, 0) is 26.0 Å². The summed E-state index contributed by atoms with van der Waals surface area (Å²) in [5.41, 5.74) is 2.77. The smallest absolute Gasteiger partial charge is 0.325 e. The van der Waals surface area contributed by atoms with Crippen LogP contribution in [0.1, 0.15) is 34.2 Å². The summed E-state index contributed by atoms with van der Waals surface area (Å²) in [4.78, 5) is 35.2. The molecule has 126 valence electrons. The number of aryl methyl sites for hydroxylation is 1. The molecule has 1 amide bonds. The quantitative estimate of drug-likeness (QED) is 0.790. The minimum Gasteiger partial charge on any atom is -0.480 e. The van der Waals surface area contributed by atoms with Gasteiger partial charge in [0.1, 0.15) is 6.04 Å². The molecule has 1 heterocycles. The fraction of sp³-hybridized carbons (Fsp3) is 0.278. The second kappa shape index (κ2) is 7.12. The summed E-state index contributed by atoms with van der Waals surface area (Å²) in [7, 11) is 1.71. The number of aromatic nitrogens is 1. The van der Waals surface area contributed by atoms with Gasteiger partial charge in [0.2, 0.25) is 11.7 Å². The molecule has 1 atom stereocenters. The molecular weight excluding hydrogens is 308 g/mol. The zero-order chi connectivity index (χ0) is 17.9. The number of carbonyl (C=O) groups is 3. The second-order valence-electron chi connectivity index (χ2n) is 5.77. The van der Waals surface area contributed by atoms with E-state index in [1.807, 2.05) is 19.1 Å². The highest BCUT2D eigenvalue weighted by molar-refractivity contribution is 6.08. The molecule has 2 N–H and O–H groups in total. The second-order valence-corrected chi connectivity index (χ2v) is 5.77. The average molecular weight is 328 g/mol. The van der Waals surface area contributed by atoms with Gasteiger partial charge < -0.3 is 15.0 Å². The highest BCUT2D eigenvalue weighted by atomic mass is 16.4. The van der Waals surface area contributed by atoms with Gasteiger partial charge >= 0.3 is 5.97 Å². The van der Waals surface area contributed by atoms with E-state index in [1.54, 1.807) is 35.9 Å². The summed E-state index contributed by atoms with van der Waals surface area (Å²) in [6.07, 6.45) is 0.00922. The average Bonchev–Trinajstić information content (AvgIpc) is 2.88. The van der Waals surface area contributed by atoms with Gasteiger partial charge in [-0.1, -0.05) is 29.8 Å². The third kappa shape index (κ3) is 3.90. The Kier molecular flexibility index (Phi) is 5.18. The minimum atomic E-state index is -1.09. The predicted octanol–water partition coefficient (Wildman–Crippen LogP) is 1.70. The summed E-state index contributed by atoms with van der Waals surface area (Å²) < 4.78 is 1.66. The van der Waals surface area contributed by atoms with Crippen molar-refractivity contribution in [2.75, 3.05) is 0 Å². The Morgan fingerprint density at radius 3 is 2.33 bits per heavy atom. The van der Waals surface area contributed by atoms with Crippen molar-refractivity contribution < 1.29 is 19.5 Å². The summed E-state index contributed by atoms with van der Waals surface area (Å²) in [5.74, 6) is -1.62. The van der Waals surface area contributed by atoms with E-state index >= 15 is 0 Å². The maximum atomic E-state index is 12.5. The van der Waals surface area contributed by atoms with Crippen molar-refractivity contribution in [3.63, 3.8) is 0 Å². The lowest BCUT2D eigenvalue weighted by molar-refractivity contribution is -0.141. The molecule has 1 aromatic heterocycles. The number of carbonyl (C=O) groups excluding carboxylic acids is 2. The van der Waals surface area contributed by atoms with Crippen LogP contribution in [0.3, 0.4) is 0 Å². The van der Waals surface area contributed by atoms with Crippen LogP contribution in [-0.4, -0.2) is 33.4 Å². The van der Waals surface area contributed by atoms with Crippen LogP contribution in [-0.2, 0) is 23.1 Å². The third-order valence-electron chi connectivity index (χ3n) is 3.86. The normalized spacial score (nSPS) is 11.8. The van der Waals surface area contributed by atoms with Crippen molar-refractivity contribution in [3.05, 3.63) is 58.9 Å². The number of benzene rings is 1. The summed E-state index contributed by atoms with van der Waals surface area (Å²) >= 11 is 0. The standard InChI is InChI=1S/C18H20N2O4/c1-11-4-6-13(7-5-11)17(22)15-9-8-14(20(15)3)10-16(21)19-12(2)18(23)24/h4-9,12H,10H2,1-3H3,(H,19,21)(H,23,24). The first-order chi connectivity index (χ1) is 11.3. The van der Waals surface area contributed by atoms with Crippen LogP contribution in [0.5, 0.6) is 0 Å². The number of aliphatic carboxylic acids is 1. The van der Waals surface area contributed by atoms with Crippen LogP contribution in [0, 0.1) is 6.92 Å². The Hall–Kier alpha value is -2.89. The number of amides is 1. The molecule has 6 heteroatoms. The molecule has 1 unspecified atom stereocenters. The highest BCUT2D eigenvalue weighted by Gasteiger charge is 2.18. The van der Waals surface area contributed by atoms with Crippen LogP contribution in [0.15, 0.2) is 36.4 Å². The topological polar surface area (TPSA) is 88.4 Å². The number of carboxylic acids is 1. The highest BCUT2D eigenvalue weighted by Crippen LogP contribution is 2.14. The molecule has 0 aliphatic rings. The van der Waals surface area contributed by atoms with E-state index in [9.17, 15) is 14.4 Å². The van der Waals surface area contributed by atoms with E-state index in [0.717, 1.165) is 5.56 Å². The summed E-state index contributed by atoms with van der Waals surface area (Å²) in [6, 6.07) is 9.71. The molecule has 1 aromatic carbocycles. The Morgan fingerprint density at radius 1 is 1.12 bits per heavy atom. The number of carboxylic acid groups (broad SMARTS) is 1. The van der Waals surface area contributed by atoms with Crippen LogP contribution in [0.25, 0.3) is 0 Å². The lowest BCUT2D eigenvalue weighted by atomic mass is 10.1. The van der Waals surface area contributed by atoms with Gasteiger partial charge in [0.15, 0.2) is 0 Å². The van der Waals surface area contributed by atoms with Crippen LogP contribution in [0.4, 0.5) is 0 Å². The van der Waals surface area contributed by atoms with Crippen molar-refractivity contribution in [1.29, 1.82) is 0 Å². The van der Waals surface area contributed by atoms with Crippen LogP contribution < -0.4 is 5.32 Å². The van der Waals surface area contributed by atoms with E-state index in [2.05, 4.69) is 5.32 Å². The molecule has 0 spiro atoms. The van der Waals surface area contributed by atoms with E-state index in [4.69, 9.17) is 5.11 Å². The van der Waals surface area contributed by atoms with Crippen molar-refractivity contribution in [2.24, 2.45) is 7.05 Å². The number of ketones is 1. The zero-order valence-electron chi connectivity index (χ0n) is 13.9. The molecule has 0 radical (unpaired) electrons. The first kappa shape index (κ1) is 17.5. The van der Waals surface area contributed by atoms with Gasteiger partial charge in [-0.15, -0.1) is 0 Å². The lowest BCUT2D eigenvalue weighted by Crippen LogP contribution is -2.39. The van der Waals surface area contributed by atoms with Gasteiger partial charge in [0.25, 0.3) is 0 Å². The number of hydrogen-bond acceptors (Lipinski definition) is 3. The molecule has 0 aliphatic carbocycles. The van der Waals surface area contributed by atoms with E-state index in [0.29, 0.717) is 17.0 Å². The monoisotopic (exact) mass is 328 g/mol. The molecule has 0 saturated heterocycles. The maximum Gasteiger partial charge on any atom is 0.325 e. The van der Waals surface area contributed by atoms with Gasteiger partial charge in [-0.25, -0.2) is 0 Å². The summed E-state index contributed by atoms with van der Waals surface area (Å²) in [5, 5.41) is 11.2. The zero-order valence-corrected chi connectivity index (χ0v) is 13.9. The molecule has 6 nitrogen and oxygen atoms in total. The SMILES string of the molecule is Cc1ccc(C(=O)c2ccc(CC(=O)NC(C)C(=O)O)n2C)cc1. The summed E-state index contributed by atoms with van der Waals surface area (Å²) in [6.45, 7) is 3.35. The van der Waals surface area contributed by atoms with Crippen LogP contribution in [0.2, 0.25) is 0 Å². The van der Waals surface area contributed by atoms with E-state index in [-0.39, 0.29) is 12.2 Å². The minimum absolute atomic E-state index is 0.00922. The fourth-order valence-electron chi connectivity index (χ4n) is 2.33. The van der Waals surface area contributed by atoms with Gasteiger partial charge in [-0.3, -0.25) is 14.4 Å². The molecule has 2 aromatic rings. The number of rotatable bonds is 6. The first-order valence-electron chi connectivity index (χ1n) is 7.57. The van der Waals surface area contributed by atoms with E-state index < -0.39 is 17.9 Å². The molecule has 0 aliphatic heterocycles. The lowest BCUT2D eigenvalue weighted by Gasteiger charge is -2.10. The fourth-order valence-corrected chi connectivity index (χ4v) is 2.33. The Morgan fingerprint density at radius 2 is 1.75 bits per heavy atom. The number of nitrogens with zero attached hydrogens (tertiary/aromatic N) is 1. The molecule has 0 saturated carbocycles. The van der Waals surface area contributed by atoms with Crippen molar-refractivity contribution >= 4 is 17.7 Å². The Labute approximate surface area is 140 Å². The van der Waals surface area contributed by atoms with Crippen molar-refractivity contribution in [2.45, 2.75) is 26.3 Å². The maximum absolute atomic E-state index is 12.5.